The molecule has 0 unspecified atom stereocenters. The number of aromatic nitrogens is 1. The molecule has 8 aromatic rings. The molecule has 5 aliphatic rings. The number of rotatable bonds is 0. The normalized spacial score (nSPS) is 17.7. The van der Waals surface area contributed by atoms with Crippen LogP contribution in [0.2, 0.25) is 0 Å². The van der Waals surface area contributed by atoms with E-state index in [1.165, 1.54) is 88.7 Å². The fraction of sp³-hybridized carbons (Fsp3) is 0.0652. The number of fused-ring (bicyclic) bond motifs is 13. The van der Waals surface area contributed by atoms with Crippen molar-refractivity contribution in [2.45, 2.75) is 17.3 Å². The second-order valence-corrected chi connectivity index (χ2v) is 13.8. The molecule has 2 heteroatoms. The van der Waals surface area contributed by atoms with Gasteiger partial charge in [-0.15, -0.1) is 0 Å². The average molecular weight is 607 g/mol. The average Bonchev–Trinajstić information content (AvgIpc) is 3.76. The molecule has 1 heterocycles. The molecule has 1 aromatic heterocycles. The van der Waals surface area contributed by atoms with Crippen molar-refractivity contribution in [1.29, 1.82) is 0 Å². The fourth-order valence-corrected chi connectivity index (χ4v) is 10.4. The van der Waals surface area contributed by atoms with Crippen molar-refractivity contribution in [3.8, 4) is 22.3 Å². The Morgan fingerprint density at radius 3 is 1.50 bits per heavy atom. The number of hydrogen-bond acceptors (Lipinski definition) is 0. The summed E-state index contributed by atoms with van der Waals surface area (Å²) in [6, 6.07) is 51.9. The predicted molar refractivity (Wildman–Crippen MR) is 193 cm³/mol. The Balaban J connectivity index is 1.23. The SMILES string of the molecule is [C-]#[N+]c1cc2[nH]c3cc4c(cc3c2c2c1C1c3ccccc3C2c2ccccc21)-c1ccccc1C41c2ccccc2-c2ccccc21. The highest BCUT2D eigenvalue weighted by atomic mass is 14.7. The van der Waals surface area contributed by atoms with E-state index >= 15 is 0 Å². The maximum absolute atomic E-state index is 8.39. The lowest BCUT2D eigenvalue weighted by Crippen LogP contribution is -2.27. The molecule has 0 fully saturated rings. The topological polar surface area (TPSA) is 20.1 Å². The molecule has 1 N–H and O–H groups in total. The third-order valence-corrected chi connectivity index (χ3v) is 12.0. The zero-order valence-electron chi connectivity index (χ0n) is 25.9. The van der Waals surface area contributed by atoms with Crippen LogP contribution in [0.15, 0.2) is 140 Å². The molecule has 0 aliphatic heterocycles. The van der Waals surface area contributed by atoms with E-state index in [9.17, 15) is 0 Å². The van der Waals surface area contributed by atoms with Gasteiger partial charge in [0.1, 0.15) is 0 Å². The molecule has 2 bridgehead atoms. The van der Waals surface area contributed by atoms with Crippen LogP contribution in [0, 0.1) is 6.57 Å². The third kappa shape index (κ3) is 2.64. The monoisotopic (exact) mass is 606 g/mol. The van der Waals surface area contributed by atoms with Crippen LogP contribution in [0.5, 0.6) is 0 Å². The highest BCUT2D eigenvalue weighted by molar-refractivity contribution is 6.14. The van der Waals surface area contributed by atoms with Gasteiger partial charge in [-0.1, -0.05) is 121 Å². The van der Waals surface area contributed by atoms with Crippen LogP contribution >= 0.6 is 0 Å². The Morgan fingerprint density at radius 2 is 0.958 bits per heavy atom. The second-order valence-electron chi connectivity index (χ2n) is 13.8. The van der Waals surface area contributed by atoms with E-state index in [-0.39, 0.29) is 17.3 Å². The van der Waals surface area contributed by atoms with Crippen LogP contribution in [0.4, 0.5) is 5.69 Å². The Labute approximate surface area is 277 Å². The first-order valence-electron chi connectivity index (χ1n) is 16.8. The molecular weight excluding hydrogens is 581 g/mol. The van der Waals surface area contributed by atoms with E-state index in [4.69, 9.17) is 6.57 Å². The smallest absolute Gasteiger partial charge is 0.193 e. The van der Waals surface area contributed by atoms with Crippen LogP contribution in [0.25, 0.3) is 48.9 Å². The minimum absolute atomic E-state index is 0.0563. The van der Waals surface area contributed by atoms with Gasteiger partial charge < -0.3 is 4.98 Å². The van der Waals surface area contributed by atoms with Crippen LogP contribution in [0.3, 0.4) is 0 Å². The Morgan fingerprint density at radius 1 is 0.479 bits per heavy atom. The quantitative estimate of drug-likeness (QED) is 0.166. The maximum Gasteiger partial charge on any atom is 0.193 e. The lowest BCUT2D eigenvalue weighted by Gasteiger charge is -2.43. The second kappa shape index (κ2) is 8.40. The number of nitrogens with one attached hydrogen (secondary N) is 1. The molecule has 13 rings (SSSR count). The van der Waals surface area contributed by atoms with Gasteiger partial charge in [-0.3, -0.25) is 0 Å². The summed E-state index contributed by atoms with van der Waals surface area (Å²) in [7, 11) is 0. The standard InChI is InChI=1S/C46H26N2/c1-47-39-24-40-43(45-42-30-17-4-2-15-28(30)41(44(39)45)29-16-3-5-18-31(29)42)33-22-32-27-14-8-11-21-36(27)46(37(32)23-38(33)48-40)34-19-9-6-12-25(34)26-13-7-10-20-35(26)46/h2-24,41-42,48H. The Bertz CT molecular complexity index is 2730. The van der Waals surface area contributed by atoms with Crippen molar-refractivity contribution in [3.05, 3.63) is 207 Å². The third-order valence-electron chi connectivity index (χ3n) is 12.0. The van der Waals surface area contributed by atoms with Gasteiger partial charge in [-0.2, -0.15) is 0 Å². The molecule has 7 aromatic carbocycles. The van der Waals surface area contributed by atoms with E-state index in [2.05, 4.69) is 149 Å². The summed E-state index contributed by atoms with van der Waals surface area (Å²) >= 11 is 0. The van der Waals surface area contributed by atoms with Gasteiger partial charge in [0, 0.05) is 33.6 Å². The molecule has 0 saturated heterocycles. The van der Waals surface area contributed by atoms with E-state index < -0.39 is 0 Å². The van der Waals surface area contributed by atoms with Crippen molar-refractivity contribution in [3.63, 3.8) is 0 Å². The van der Waals surface area contributed by atoms with E-state index in [1.54, 1.807) is 0 Å². The number of benzene rings is 7. The molecule has 48 heavy (non-hydrogen) atoms. The van der Waals surface area contributed by atoms with Crippen LogP contribution in [-0.2, 0) is 5.41 Å². The van der Waals surface area contributed by atoms with Crippen molar-refractivity contribution in [1.82, 2.24) is 4.98 Å². The first-order chi connectivity index (χ1) is 23.8. The highest BCUT2D eigenvalue weighted by Crippen LogP contribution is 2.64. The van der Waals surface area contributed by atoms with Gasteiger partial charge in [0.05, 0.1) is 12.0 Å². The number of aromatic amines is 1. The summed E-state index contributed by atoms with van der Waals surface area (Å²) in [6.45, 7) is 8.39. The van der Waals surface area contributed by atoms with Crippen molar-refractivity contribution in [2.75, 3.05) is 0 Å². The largest absolute Gasteiger partial charge is 0.356 e. The summed E-state index contributed by atoms with van der Waals surface area (Å²) < 4.78 is 0. The minimum Gasteiger partial charge on any atom is -0.356 e. The van der Waals surface area contributed by atoms with Gasteiger partial charge in [0.15, 0.2) is 5.69 Å². The van der Waals surface area contributed by atoms with Crippen LogP contribution in [0.1, 0.15) is 67.5 Å². The minimum atomic E-state index is -0.386. The summed E-state index contributed by atoms with van der Waals surface area (Å²) in [5, 5.41) is 2.50. The molecule has 2 nitrogen and oxygen atoms in total. The number of hydrogen-bond donors (Lipinski definition) is 1. The van der Waals surface area contributed by atoms with Crippen molar-refractivity contribution in [2.24, 2.45) is 0 Å². The van der Waals surface area contributed by atoms with Crippen molar-refractivity contribution < 1.29 is 0 Å². The maximum atomic E-state index is 8.39. The lowest BCUT2D eigenvalue weighted by molar-refractivity contribution is 0.764. The van der Waals surface area contributed by atoms with E-state index in [0.29, 0.717) is 0 Å². The highest BCUT2D eigenvalue weighted by Gasteiger charge is 2.52. The predicted octanol–water partition coefficient (Wildman–Crippen LogP) is 11.2. The molecule has 5 aliphatic carbocycles. The fourth-order valence-electron chi connectivity index (χ4n) is 10.4. The zero-order chi connectivity index (χ0) is 31.3. The molecule has 220 valence electrons. The van der Waals surface area contributed by atoms with Gasteiger partial charge in [0.2, 0.25) is 0 Å². The Hall–Kier alpha value is -6.17. The van der Waals surface area contributed by atoms with E-state index in [1.807, 2.05) is 0 Å². The molecule has 0 atom stereocenters. The summed E-state index contributed by atoms with van der Waals surface area (Å²) in [5.74, 6) is 0.141. The van der Waals surface area contributed by atoms with Gasteiger partial charge in [0.25, 0.3) is 0 Å². The van der Waals surface area contributed by atoms with E-state index in [0.717, 1.165) is 16.7 Å². The van der Waals surface area contributed by atoms with Crippen LogP contribution < -0.4 is 0 Å². The molecule has 0 saturated carbocycles. The first-order valence-corrected chi connectivity index (χ1v) is 16.8. The molecule has 1 spiro atoms. The summed E-state index contributed by atoms with van der Waals surface area (Å²) in [5.41, 5.74) is 21.1. The first kappa shape index (κ1) is 25.0. The zero-order valence-corrected chi connectivity index (χ0v) is 25.9. The summed E-state index contributed by atoms with van der Waals surface area (Å²) in [6.07, 6.45) is 0. The number of nitrogens with zero attached hydrogens (tertiary/aromatic N) is 1. The van der Waals surface area contributed by atoms with Crippen molar-refractivity contribution >= 4 is 27.5 Å². The number of H-pyrrole nitrogens is 1. The lowest BCUT2D eigenvalue weighted by atomic mass is 9.60. The molecule has 0 radical (unpaired) electrons. The Kier molecular flexibility index (Phi) is 4.37. The molecular formula is C46H26N2. The van der Waals surface area contributed by atoms with Crippen LogP contribution in [-0.4, -0.2) is 4.98 Å². The molecule has 0 amide bonds. The van der Waals surface area contributed by atoms with Gasteiger partial charge in [-0.05, 0) is 96.1 Å². The van der Waals surface area contributed by atoms with Gasteiger partial charge >= 0.3 is 0 Å². The summed E-state index contributed by atoms with van der Waals surface area (Å²) in [4.78, 5) is 8.08. The van der Waals surface area contributed by atoms with Gasteiger partial charge in [-0.25, -0.2) is 4.85 Å².